The van der Waals surface area contributed by atoms with E-state index in [1.54, 1.807) is 0 Å². The first-order valence-corrected chi connectivity index (χ1v) is 9.47. The zero-order chi connectivity index (χ0) is 17.0. The van der Waals surface area contributed by atoms with Gasteiger partial charge in [0.15, 0.2) is 18.0 Å². The number of nitrogens with one attached hydrogen (secondary N) is 1. The number of fused-ring (bicyclic) bond motifs is 1. The summed E-state index contributed by atoms with van der Waals surface area (Å²) in [6, 6.07) is 3.79. The summed E-state index contributed by atoms with van der Waals surface area (Å²) in [5.74, 6) is 3.15. The van der Waals surface area contributed by atoms with Crippen LogP contribution in [0, 0.1) is 24.7 Å². The zero-order valence-corrected chi connectivity index (χ0v) is 14.7. The fourth-order valence-corrected chi connectivity index (χ4v) is 5.96. The summed E-state index contributed by atoms with van der Waals surface area (Å²) in [6.07, 6.45) is 11.5. The van der Waals surface area contributed by atoms with E-state index in [1.807, 2.05) is 35.9 Å². The molecule has 25 heavy (non-hydrogen) atoms. The van der Waals surface area contributed by atoms with E-state index in [0.717, 1.165) is 29.1 Å². The molecular weight excluding hydrogens is 314 g/mol. The number of hydrogen-bond acceptors (Lipinski definition) is 3. The van der Waals surface area contributed by atoms with Gasteiger partial charge in [-0.3, -0.25) is 4.79 Å². The van der Waals surface area contributed by atoms with Crippen molar-refractivity contribution in [2.24, 2.45) is 17.8 Å². The second-order valence-electron chi connectivity index (χ2n) is 8.52. The van der Waals surface area contributed by atoms with Gasteiger partial charge in [-0.2, -0.15) is 0 Å². The second-order valence-corrected chi connectivity index (χ2v) is 8.52. The fraction of sp³-hybridized carbons (Fsp3) is 0.600. The quantitative estimate of drug-likeness (QED) is 0.931. The Balaban J connectivity index is 1.26. The van der Waals surface area contributed by atoms with Gasteiger partial charge in [-0.15, -0.1) is 0 Å². The number of hydrogen-bond donors (Lipinski definition) is 1. The summed E-state index contributed by atoms with van der Waals surface area (Å²) < 4.78 is 7.75. The molecule has 4 fully saturated rings. The Labute approximate surface area is 147 Å². The van der Waals surface area contributed by atoms with Gasteiger partial charge >= 0.3 is 0 Å². The zero-order valence-electron chi connectivity index (χ0n) is 14.7. The van der Waals surface area contributed by atoms with Crippen LogP contribution in [0.4, 0.5) is 0 Å². The number of pyridine rings is 1. The highest BCUT2D eigenvalue weighted by Crippen LogP contribution is 2.55. The van der Waals surface area contributed by atoms with E-state index in [0.29, 0.717) is 5.75 Å². The molecule has 4 saturated carbocycles. The van der Waals surface area contributed by atoms with Crippen molar-refractivity contribution < 1.29 is 9.53 Å². The molecule has 5 nitrogen and oxygen atoms in total. The SMILES string of the molecule is Cc1cn2cccc(OCC(=O)NC34CC5CC(CC(C5)C3)C4)c2n1. The molecule has 0 aromatic carbocycles. The molecule has 132 valence electrons. The highest BCUT2D eigenvalue weighted by atomic mass is 16.5. The van der Waals surface area contributed by atoms with E-state index in [9.17, 15) is 4.79 Å². The summed E-state index contributed by atoms with van der Waals surface area (Å²) in [4.78, 5) is 17.1. The highest BCUT2D eigenvalue weighted by Gasteiger charge is 2.51. The van der Waals surface area contributed by atoms with Crippen LogP contribution in [0.25, 0.3) is 5.65 Å². The monoisotopic (exact) mass is 339 g/mol. The maximum absolute atomic E-state index is 12.6. The Bertz CT molecular complexity index is 790. The van der Waals surface area contributed by atoms with E-state index in [-0.39, 0.29) is 18.1 Å². The lowest BCUT2D eigenvalue weighted by Gasteiger charge is -2.56. The molecule has 5 heteroatoms. The summed E-state index contributed by atoms with van der Waals surface area (Å²) in [6.45, 7) is 2.02. The van der Waals surface area contributed by atoms with Crippen LogP contribution in [0.5, 0.6) is 5.75 Å². The summed E-state index contributed by atoms with van der Waals surface area (Å²) in [5, 5.41) is 3.36. The third kappa shape index (κ3) is 2.70. The van der Waals surface area contributed by atoms with Crippen LogP contribution < -0.4 is 10.1 Å². The van der Waals surface area contributed by atoms with E-state index < -0.39 is 0 Å². The van der Waals surface area contributed by atoms with Gasteiger partial charge in [0.05, 0.1) is 5.69 Å². The molecule has 6 rings (SSSR count). The van der Waals surface area contributed by atoms with Gasteiger partial charge in [-0.25, -0.2) is 4.98 Å². The van der Waals surface area contributed by atoms with Crippen molar-refractivity contribution in [1.82, 2.24) is 14.7 Å². The van der Waals surface area contributed by atoms with E-state index in [4.69, 9.17) is 4.74 Å². The van der Waals surface area contributed by atoms with Crippen molar-refractivity contribution in [1.29, 1.82) is 0 Å². The number of amides is 1. The Morgan fingerprint density at radius 2 is 1.96 bits per heavy atom. The molecule has 1 N–H and O–H groups in total. The largest absolute Gasteiger partial charge is 0.480 e. The van der Waals surface area contributed by atoms with Crippen molar-refractivity contribution in [3.05, 3.63) is 30.2 Å². The van der Waals surface area contributed by atoms with E-state index in [2.05, 4.69) is 10.3 Å². The summed E-state index contributed by atoms with van der Waals surface area (Å²) in [7, 11) is 0. The van der Waals surface area contributed by atoms with Crippen LogP contribution >= 0.6 is 0 Å². The van der Waals surface area contributed by atoms with Crippen LogP contribution in [0.15, 0.2) is 24.5 Å². The van der Waals surface area contributed by atoms with E-state index in [1.165, 1.54) is 38.5 Å². The number of carbonyl (C=O) groups excluding carboxylic acids is 1. The fourth-order valence-electron chi connectivity index (χ4n) is 5.96. The molecule has 0 saturated heterocycles. The van der Waals surface area contributed by atoms with Crippen molar-refractivity contribution in [3.63, 3.8) is 0 Å². The number of nitrogens with zero attached hydrogens (tertiary/aromatic N) is 2. The van der Waals surface area contributed by atoms with E-state index >= 15 is 0 Å². The molecule has 0 radical (unpaired) electrons. The Morgan fingerprint density at radius 3 is 2.64 bits per heavy atom. The summed E-state index contributed by atoms with van der Waals surface area (Å²) >= 11 is 0. The number of ether oxygens (including phenoxy) is 1. The molecule has 2 heterocycles. The normalized spacial score (nSPS) is 32.9. The molecule has 0 spiro atoms. The van der Waals surface area contributed by atoms with Crippen molar-refractivity contribution in [2.45, 2.75) is 51.0 Å². The Kier molecular flexibility index (Phi) is 3.34. The van der Waals surface area contributed by atoms with Crippen LogP contribution in [0.2, 0.25) is 0 Å². The predicted molar refractivity (Wildman–Crippen MR) is 94.5 cm³/mol. The van der Waals surface area contributed by atoms with Gasteiger partial charge < -0.3 is 14.5 Å². The lowest BCUT2D eigenvalue weighted by atomic mass is 9.53. The van der Waals surface area contributed by atoms with Crippen LogP contribution in [0.3, 0.4) is 0 Å². The Morgan fingerprint density at radius 1 is 1.28 bits per heavy atom. The average Bonchev–Trinajstić information content (AvgIpc) is 2.91. The van der Waals surface area contributed by atoms with Crippen LogP contribution in [-0.2, 0) is 4.79 Å². The minimum Gasteiger partial charge on any atom is -0.480 e. The third-order valence-corrected chi connectivity index (χ3v) is 6.37. The maximum atomic E-state index is 12.6. The number of aromatic nitrogens is 2. The molecule has 0 unspecified atom stereocenters. The minimum absolute atomic E-state index is 0.00670. The molecule has 0 atom stereocenters. The lowest BCUT2D eigenvalue weighted by Crippen LogP contribution is -2.60. The van der Waals surface area contributed by atoms with Gasteiger partial charge in [-0.1, -0.05) is 0 Å². The van der Waals surface area contributed by atoms with Crippen molar-refractivity contribution in [3.8, 4) is 5.75 Å². The van der Waals surface area contributed by atoms with Crippen molar-refractivity contribution in [2.75, 3.05) is 6.61 Å². The highest BCUT2D eigenvalue weighted by molar-refractivity contribution is 5.78. The third-order valence-electron chi connectivity index (χ3n) is 6.37. The van der Waals surface area contributed by atoms with Gasteiger partial charge in [0.25, 0.3) is 5.91 Å². The molecule has 4 aliphatic rings. The maximum Gasteiger partial charge on any atom is 0.258 e. The average molecular weight is 339 g/mol. The number of imidazole rings is 1. The molecule has 4 bridgehead atoms. The van der Waals surface area contributed by atoms with Gasteiger partial charge in [0.2, 0.25) is 0 Å². The molecule has 1 amide bonds. The first-order chi connectivity index (χ1) is 12.1. The predicted octanol–water partition coefficient (Wildman–Crippen LogP) is 3.11. The molecule has 4 aliphatic carbocycles. The van der Waals surface area contributed by atoms with Gasteiger partial charge in [-0.05, 0) is 75.3 Å². The first-order valence-electron chi connectivity index (χ1n) is 9.47. The van der Waals surface area contributed by atoms with Crippen LogP contribution in [0.1, 0.15) is 44.2 Å². The van der Waals surface area contributed by atoms with Gasteiger partial charge in [0, 0.05) is 17.9 Å². The van der Waals surface area contributed by atoms with Crippen LogP contribution in [-0.4, -0.2) is 27.4 Å². The minimum atomic E-state index is 0.00670. The van der Waals surface area contributed by atoms with Crippen molar-refractivity contribution >= 4 is 11.6 Å². The molecule has 0 aliphatic heterocycles. The smallest absolute Gasteiger partial charge is 0.258 e. The molecule has 2 aromatic heterocycles. The number of carbonyl (C=O) groups is 1. The first kappa shape index (κ1) is 15.2. The summed E-state index contributed by atoms with van der Waals surface area (Å²) in [5.41, 5.74) is 1.75. The van der Waals surface area contributed by atoms with Gasteiger partial charge in [0.1, 0.15) is 0 Å². The number of rotatable bonds is 4. The molecule has 2 aromatic rings. The number of aryl methyl sites for hydroxylation is 1. The topological polar surface area (TPSA) is 55.6 Å². The lowest BCUT2D eigenvalue weighted by molar-refractivity contribution is -0.128. The Hall–Kier alpha value is -2.04. The standard InChI is InChI=1S/C20H25N3O2/c1-13-11-23-4-2-3-17(19(23)21-13)25-12-18(24)22-20-8-14-5-15(9-20)7-16(6-14)10-20/h2-4,11,14-16H,5-10,12H2,1H3,(H,22,24). The second kappa shape index (κ2) is 5.48. The molecular formula is C20H25N3O2.